The maximum Gasteiger partial charge on any atom is 0.387 e. The van der Waals surface area contributed by atoms with E-state index in [1.165, 1.54) is 24.3 Å². The van der Waals surface area contributed by atoms with Crippen LogP contribution in [-0.2, 0) is 9.53 Å². The third-order valence-corrected chi connectivity index (χ3v) is 3.31. The van der Waals surface area contributed by atoms with E-state index in [0.717, 1.165) is 24.3 Å². The summed E-state index contributed by atoms with van der Waals surface area (Å²) in [6.45, 7) is -3.73. The topological polar surface area (TPSA) is 137 Å². The zero-order valence-corrected chi connectivity index (χ0v) is 14.5. The first-order valence-corrected chi connectivity index (χ1v) is 7.82. The van der Waals surface area contributed by atoms with Gasteiger partial charge in [-0.2, -0.15) is 8.78 Å². The summed E-state index contributed by atoms with van der Waals surface area (Å²) < 4.78 is 33.0. The van der Waals surface area contributed by atoms with Gasteiger partial charge < -0.3 is 9.47 Å². The van der Waals surface area contributed by atoms with Crippen LogP contribution >= 0.6 is 0 Å². The fraction of sp³-hybridized carbons (Fsp3) is 0.118. The summed E-state index contributed by atoms with van der Waals surface area (Å²) in [5.74, 6) is -2.64. The van der Waals surface area contributed by atoms with Crippen molar-refractivity contribution in [2.45, 2.75) is 6.61 Å². The molecule has 0 saturated heterocycles. The fourth-order valence-electron chi connectivity index (χ4n) is 1.96. The van der Waals surface area contributed by atoms with Crippen molar-refractivity contribution < 1.29 is 37.6 Å². The minimum atomic E-state index is -3.00. The van der Waals surface area contributed by atoms with Gasteiger partial charge in [-0.25, -0.2) is 4.79 Å². The number of alkyl halides is 2. The Morgan fingerprint density at radius 3 is 2.10 bits per heavy atom. The zero-order valence-electron chi connectivity index (χ0n) is 14.5. The van der Waals surface area contributed by atoms with Crippen molar-refractivity contribution in [2.75, 3.05) is 6.61 Å². The van der Waals surface area contributed by atoms with E-state index in [-0.39, 0.29) is 22.6 Å². The fourth-order valence-corrected chi connectivity index (χ4v) is 1.96. The van der Waals surface area contributed by atoms with Gasteiger partial charge in [0.05, 0.1) is 10.5 Å². The number of nitro groups is 1. The van der Waals surface area contributed by atoms with Crippen LogP contribution in [0.5, 0.6) is 5.75 Å². The maximum atomic E-state index is 12.1. The minimum absolute atomic E-state index is 0.00525. The predicted molar refractivity (Wildman–Crippen MR) is 92.1 cm³/mol. The van der Waals surface area contributed by atoms with Crippen LogP contribution in [0.4, 0.5) is 14.5 Å². The van der Waals surface area contributed by atoms with Gasteiger partial charge in [-0.3, -0.25) is 30.6 Å². The summed E-state index contributed by atoms with van der Waals surface area (Å²) >= 11 is 0. The molecule has 0 atom stereocenters. The van der Waals surface area contributed by atoms with Crippen molar-refractivity contribution in [3.05, 3.63) is 69.8 Å². The summed E-state index contributed by atoms with van der Waals surface area (Å²) in [5.41, 5.74) is 3.90. The normalized spacial score (nSPS) is 10.2. The number of nitrogens with one attached hydrogen (secondary N) is 2. The van der Waals surface area contributed by atoms with Gasteiger partial charge in [0.1, 0.15) is 5.75 Å². The molecule has 152 valence electrons. The van der Waals surface area contributed by atoms with Crippen LogP contribution in [0, 0.1) is 10.1 Å². The molecule has 0 unspecified atom stereocenters. The number of esters is 1. The smallest absolute Gasteiger partial charge is 0.387 e. The first kappa shape index (κ1) is 21.2. The van der Waals surface area contributed by atoms with E-state index >= 15 is 0 Å². The monoisotopic (exact) mass is 409 g/mol. The van der Waals surface area contributed by atoms with Crippen LogP contribution in [0.2, 0.25) is 0 Å². The Kier molecular flexibility index (Phi) is 7.12. The van der Waals surface area contributed by atoms with E-state index in [4.69, 9.17) is 4.74 Å². The van der Waals surface area contributed by atoms with Crippen LogP contribution in [0.1, 0.15) is 20.7 Å². The molecule has 0 aliphatic heterocycles. The molecule has 2 amide bonds. The number of amides is 2. The van der Waals surface area contributed by atoms with Gasteiger partial charge in [0.25, 0.3) is 17.5 Å². The molecule has 2 aromatic carbocycles. The molecule has 0 spiro atoms. The first-order chi connectivity index (χ1) is 13.8. The Hall–Kier alpha value is -4.09. The standard InChI is InChI=1S/C17H13F2N3O7/c18-17(19)29-13-7-3-11(4-8-13)16(25)28-9-14(23)20-21-15(24)10-1-5-12(6-2-10)22(26)27/h1-8,17H,9H2,(H,20,23)(H,21,24). The molecule has 0 aliphatic rings. The molecule has 12 heteroatoms. The Labute approximate surface area is 161 Å². The summed E-state index contributed by atoms with van der Waals surface area (Å²) in [6.07, 6.45) is 0. The quantitative estimate of drug-likeness (QED) is 0.404. The van der Waals surface area contributed by atoms with Gasteiger partial charge in [-0.05, 0) is 36.4 Å². The van der Waals surface area contributed by atoms with Gasteiger partial charge in [0.2, 0.25) is 0 Å². The van der Waals surface area contributed by atoms with Crippen molar-refractivity contribution in [3.8, 4) is 5.75 Å². The van der Waals surface area contributed by atoms with Gasteiger partial charge in [0.15, 0.2) is 6.61 Å². The Balaban J connectivity index is 1.78. The van der Waals surface area contributed by atoms with Crippen molar-refractivity contribution in [1.29, 1.82) is 0 Å². The average molecular weight is 409 g/mol. The number of nitro benzene ring substituents is 1. The van der Waals surface area contributed by atoms with Crippen LogP contribution in [0.3, 0.4) is 0 Å². The Bertz CT molecular complexity index is 902. The number of hydrazine groups is 1. The van der Waals surface area contributed by atoms with Crippen LogP contribution in [0.15, 0.2) is 48.5 Å². The lowest BCUT2D eigenvalue weighted by Gasteiger charge is -2.09. The van der Waals surface area contributed by atoms with E-state index < -0.39 is 35.9 Å². The molecule has 0 saturated carbocycles. The summed E-state index contributed by atoms with van der Waals surface area (Å²) in [5, 5.41) is 10.6. The van der Waals surface area contributed by atoms with Crippen molar-refractivity contribution in [1.82, 2.24) is 10.9 Å². The number of ether oxygens (including phenoxy) is 2. The second-order valence-electron chi connectivity index (χ2n) is 5.29. The zero-order chi connectivity index (χ0) is 21.4. The number of carbonyl (C=O) groups is 3. The number of halogens is 2. The van der Waals surface area contributed by atoms with Gasteiger partial charge in [-0.1, -0.05) is 0 Å². The van der Waals surface area contributed by atoms with Crippen LogP contribution in [0.25, 0.3) is 0 Å². The molecule has 29 heavy (non-hydrogen) atoms. The first-order valence-electron chi connectivity index (χ1n) is 7.82. The van der Waals surface area contributed by atoms with E-state index in [9.17, 15) is 33.3 Å². The number of non-ortho nitro benzene ring substituents is 1. The molecule has 0 heterocycles. The number of carbonyl (C=O) groups excluding carboxylic acids is 3. The summed E-state index contributed by atoms with van der Waals surface area (Å²) in [7, 11) is 0. The van der Waals surface area contributed by atoms with Crippen molar-refractivity contribution in [3.63, 3.8) is 0 Å². The molecule has 0 bridgehead atoms. The highest BCUT2D eigenvalue weighted by Gasteiger charge is 2.13. The summed E-state index contributed by atoms with van der Waals surface area (Å²) in [4.78, 5) is 45.2. The predicted octanol–water partition coefficient (Wildman–Crippen LogP) is 1.81. The number of nitrogens with zero attached hydrogens (tertiary/aromatic N) is 1. The molecular formula is C17H13F2N3O7. The second-order valence-corrected chi connectivity index (χ2v) is 5.29. The molecule has 0 aromatic heterocycles. The number of benzene rings is 2. The molecule has 0 aliphatic carbocycles. The number of rotatable bonds is 7. The number of hydrogen-bond acceptors (Lipinski definition) is 7. The number of hydrogen-bond donors (Lipinski definition) is 2. The lowest BCUT2D eigenvalue weighted by Crippen LogP contribution is -2.43. The van der Waals surface area contributed by atoms with E-state index in [0.29, 0.717) is 0 Å². The molecule has 2 N–H and O–H groups in total. The molecule has 2 aromatic rings. The van der Waals surface area contributed by atoms with Gasteiger partial charge in [0, 0.05) is 17.7 Å². The van der Waals surface area contributed by atoms with E-state index in [2.05, 4.69) is 4.74 Å². The second kappa shape index (κ2) is 9.73. The SMILES string of the molecule is O=C(COC(=O)c1ccc(OC(F)F)cc1)NNC(=O)c1ccc([N+](=O)[O-])cc1. The lowest BCUT2D eigenvalue weighted by atomic mass is 10.2. The van der Waals surface area contributed by atoms with E-state index in [1.54, 1.807) is 0 Å². The van der Waals surface area contributed by atoms with E-state index in [1.807, 2.05) is 10.9 Å². The van der Waals surface area contributed by atoms with Crippen molar-refractivity contribution in [2.24, 2.45) is 0 Å². The molecule has 0 radical (unpaired) electrons. The highest BCUT2D eigenvalue weighted by atomic mass is 19.3. The Morgan fingerprint density at radius 2 is 1.55 bits per heavy atom. The Morgan fingerprint density at radius 1 is 0.966 bits per heavy atom. The molecule has 0 fully saturated rings. The largest absolute Gasteiger partial charge is 0.452 e. The lowest BCUT2D eigenvalue weighted by molar-refractivity contribution is -0.384. The van der Waals surface area contributed by atoms with Crippen LogP contribution in [-0.4, -0.2) is 35.9 Å². The average Bonchev–Trinajstić information content (AvgIpc) is 2.70. The molecule has 2 rings (SSSR count). The third kappa shape index (κ3) is 6.53. The van der Waals surface area contributed by atoms with Crippen molar-refractivity contribution >= 4 is 23.5 Å². The van der Waals surface area contributed by atoms with Crippen LogP contribution < -0.4 is 15.6 Å². The third-order valence-electron chi connectivity index (χ3n) is 3.31. The molecular weight excluding hydrogens is 396 g/mol. The maximum absolute atomic E-state index is 12.1. The highest BCUT2D eigenvalue weighted by molar-refractivity contribution is 5.96. The summed E-state index contributed by atoms with van der Waals surface area (Å²) in [6, 6.07) is 9.25. The van der Waals surface area contributed by atoms with Gasteiger partial charge >= 0.3 is 12.6 Å². The highest BCUT2D eigenvalue weighted by Crippen LogP contribution is 2.15. The molecule has 10 nitrogen and oxygen atoms in total. The minimum Gasteiger partial charge on any atom is -0.452 e. The van der Waals surface area contributed by atoms with Gasteiger partial charge in [-0.15, -0.1) is 0 Å².